The van der Waals surface area contributed by atoms with E-state index in [1.165, 1.54) is 0 Å². The number of aliphatic imine (C=N–C) groups is 1. The van der Waals surface area contributed by atoms with Crippen molar-refractivity contribution < 1.29 is 0 Å². The van der Waals surface area contributed by atoms with E-state index in [2.05, 4.69) is 38.8 Å². The van der Waals surface area contributed by atoms with Crippen molar-refractivity contribution >= 4 is 6.21 Å². The molecule has 0 bridgehead atoms. The molecule has 0 rings (SSSR count). The number of hydrogen-bond donors (Lipinski definition) is 0. The molecule has 0 amide bonds. The minimum absolute atomic E-state index is 0.738. The maximum absolute atomic E-state index is 4.25. The first-order valence-corrected chi connectivity index (χ1v) is 4.36. The van der Waals surface area contributed by atoms with Crippen LogP contribution in [0.25, 0.3) is 0 Å². The summed E-state index contributed by atoms with van der Waals surface area (Å²) in [4.78, 5) is 4.25. The predicted octanol–water partition coefficient (Wildman–Crippen LogP) is 3.42. The predicted molar refractivity (Wildman–Crippen MR) is 52.0 cm³/mol. The Hall–Kier alpha value is -0.590. The molecule has 0 aromatic heterocycles. The average Bonchev–Trinajstić information content (AvgIpc) is 1.97. The second kappa shape index (κ2) is 6.14. The molecule has 0 fully saturated rings. The molecule has 0 radical (unpaired) electrons. The fourth-order valence-corrected chi connectivity index (χ4v) is 0.694. The average molecular weight is 153 g/mol. The highest BCUT2D eigenvalue weighted by Crippen LogP contribution is 2.04. The lowest BCUT2D eigenvalue weighted by molar-refractivity contribution is 0.661. The molecule has 0 aromatic rings. The summed E-state index contributed by atoms with van der Waals surface area (Å²) >= 11 is 0. The van der Waals surface area contributed by atoms with Gasteiger partial charge in [0.05, 0.1) is 0 Å². The second-order valence-corrected chi connectivity index (χ2v) is 3.19. The van der Waals surface area contributed by atoms with Gasteiger partial charge in [-0.05, 0) is 25.7 Å². The van der Waals surface area contributed by atoms with E-state index in [0.717, 1.165) is 24.5 Å². The van der Waals surface area contributed by atoms with E-state index in [-0.39, 0.29) is 0 Å². The van der Waals surface area contributed by atoms with Gasteiger partial charge in [0.25, 0.3) is 0 Å². The van der Waals surface area contributed by atoms with Crippen LogP contribution < -0.4 is 0 Å². The van der Waals surface area contributed by atoms with Crippen LogP contribution in [0.2, 0.25) is 0 Å². The molecule has 0 unspecified atom stereocenters. The van der Waals surface area contributed by atoms with Crippen LogP contribution in [0.1, 0.15) is 40.5 Å². The highest BCUT2D eigenvalue weighted by molar-refractivity contribution is 5.58. The maximum atomic E-state index is 4.25. The monoisotopic (exact) mass is 153 g/mol. The highest BCUT2D eigenvalue weighted by Gasteiger charge is 1.89. The van der Waals surface area contributed by atoms with Crippen LogP contribution in [-0.2, 0) is 0 Å². The lowest BCUT2D eigenvalue weighted by atomic mass is 10.1. The van der Waals surface area contributed by atoms with Gasteiger partial charge in [0.2, 0.25) is 0 Å². The Labute approximate surface area is 70.2 Å². The third-order valence-electron chi connectivity index (χ3n) is 1.36. The van der Waals surface area contributed by atoms with Crippen molar-refractivity contribution in [3.63, 3.8) is 0 Å². The van der Waals surface area contributed by atoms with Crippen molar-refractivity contribution in [3.8, 4) is 0 Å². The SMILES string of the molecule is CC/C=N\C(C)=C/CC(C)C. The third-order valence-corrected chi connectivity index (χ3v) is 1.36. The van der Waals surface area contributed by atoms with Crippen LogP contribution in [0, 0.1) is 5.92 Å². The first kappa shape index (κ1) is 10.4. The molecule has 0 aliphatic carbocycles. The minimum Gasteiger partial charge on any atom is -0.266 e. The molecule has 0 N–H and O–H groups in total. The van der Waals surface area contributed by atoms with Crippen molar-refractivity contribution in [3.05, 3.63) is 11.8 Å². The standard InChI is InChI=1S/C10H19N/c1-5-8-11-10(4)7-6-9(2)3/h7-9H,5-6H2,1-4H3/b10-7-,11-8-. The van der Waals surface area contributed by atoms with E-state index in [9.17, 15) is 0 Å². The number of rotatable bonds is 4. The molecule has 0 spiro atoms. The Morgan fingerprint density at radius 1 is 1.45 bits per heavy atom. The number of hydrogen-bond acceptors (Lipinski definition) is 1. The van der Waals surface area contributed by atoms with Crippen LogP contribution in [0.15, 0.2) is 16.8 Å². The zero-order valence-corrected chi connectivity index (χ0v) is 8.09. The topological polar surface area (TPSA) is 12.4 Å². The first-order chi connectivity index (χ1) is 5.16. The highest BCUT2D eigenvalue weighted by atomic mass is 14.7. The molecule has 0 aromatic carbocycles. The summed E-state index contributed by atoms with van der Waals surface area (Å²) in [5.74, 6) is 0.738. The van der Waals surface area contributed by atoms with Gasteiger partial charge in [0, 0.05) is 11.9 Å². The largest absolute Gasteiger partial charge is 0.266 e. The molecule has 0 saturated heterocycles. The number of allylic oxidation sites excluding steroid dienone is 2. The smallest absolute Gasteiger partial charge is 0.0329 e. The van der Waals surface area contributed by atoms with Gasteiger partial charge >= 0.3 is 0 Å². The molecule has 0 heterocycles. The lowest BCUT2D eigenvalue weighted by Gasteiger charge is -1.97. The zero-order chi connectivity index (χ0) is 8.69. The van der Waals surface area contributed by atoms with Crippen molar-refractivity contribution in [1.82, 2.24) is 0 Å². The van der Waals surface area contributed by atoms with Gasteiger partial charge < -0.3 is 0 Å². The molecule has 1 heteroatoms. The summed E-state index contributed by atoms with van der Waals surface area (Å²) in [6.45, 7) is 8.58. The van der Waals surface area contributed by atoms with Crippen molar-refractivity contribution in [1.29, 1.82) is 0 Å². The van der Waals surface area contributed by atoms with Crippen molar-refractivity contribution in [2.75, 3.05) is 0 Å². The fraction of sp³-hybridized carbons (Fsp3) is 0.700. The summed E-state index contributed by atoms with van der Waals surface area (Å²) in [6.07, 6.45) is 6.29. The van der Waals surface area contributed by atoms with Crippen molar-refractivity contribution in [2.45, 2.75) is 40.5 Å². The van der Waals surface area contributed by atoms with Crippen LogP contribution in [0.4, 0.5) is 0 Å². The summed E-state index contributed by atoms with van der Waals surface area (Å²) in [5, 5.41) is 0. The van der Waals surface area contributed by atoms with E-state index in [1.807, 2.05) is 6.21 Å². The first-order valence-electron chi connectivity index (χ1n) is 4.36. The zero-order valence-electron chi connectivity index (χ0n) is 8.09. The van der Waals surface area contributed by atoms with E-state index in [0.29, 0.717) is 0 Å². The van der Waals surface area contributed by atoms with Gasteiger partial charge in [-0.15, -0.1) is 0 Å². The molecule has 64 valence electrons. The lowest BCUT2D eigenvalue weighted by Crippen LogP contribution is -1.83. The summed E-state index contributed by atoms with van der Waals surface area (Å²) < 4.78 is 0. The van der Waals surface area contributed by atoms with Gasteiger partial charge in [-0.2, -0.15) is 0 Å². The van der Waals surface area contributed by atoms with E-state index < -0.39 is 0 Å². The maximum Gasteiger partial charge on any atom is 0.0329 e. The Morgan fingerprint density at radius 2 is 2.09 bits per heavy atom. The Kier molecular flexibility index (Phi) is 5.81. The molecular weight excluding hydrogens is 134 g/mol. The van der Waals surface area contributed by atoms with E-state index in [4.69, 9.17) is 0 Å². The normalized spacial score (nSPS) is 13.4. The fourth-order valence-electron chi connectivity index (χ4n) is 0.694. The Bertz CT molecular complexity index is 143. The third kappa shape index (κ3) is 7.31. The molecule has 11 heavy (non-hydrogen) atoms. The van der Waals surface area contributed by atoms with Gasteiger partial charge in [0.15, 0.2) is 0 Å². The van der Waals surface area contributed by atoms with Gasteiger partial charge in [0.1, 0.15) is 0 Å². The minimum atomic E-state index is 0.738. The molecule has 1 nitrogen and oxygen atoms in total. The Balaban J connectivity index is 3.71. The second-order valence-electron chi connectivity index (χ2n) is 3.19. The molecule has 0 aliphatic rings. The van der Waals surface area contributed by atoms with Gasteiger partial charge in [-0.3, -0.25) is 4.99 Å². The summed E-state index contributed by atoms with van der Waals surface area (Å²) in [7, 11) is 0. The molecule has 0 atom stereocenters. The van der Waals surface area contributed by atoms with Crippen LogP contribution in [-0.4, -0.2) is 6.21 Å². The van der Waals surface area contributed by atoms with Gasteiger partial charge in [-0.25, -0.2) is 0 Å². The van der Waals surface area contributed by atoms with Crippen molar-refractivity contribution in [2.24, 2.45) is 10.9 Å². The molecule has 0 aliphatic heterocycles. The Morgan fingerprint density at radius 3 is 2.55 bits per heavy atom. The van der Waals surface area contributed by atoms with Gasteiger partial charge in [-0.1, -0.05) is 26.8 Å². The van der Waals surface area contributed by atoms with Crippen LogP contribution >= 0.6 is 0 Å². The summed E-state index contributed by atoms with van der Waals surface area (Å²) in [6, 6.07) is 0. The van der Waals surface area contributed by atoms with Crippen LogP contribution in [0.3, 0.4) is 0 Å². The van der Waals surface area contributed by atoms with E-state index in [1.54, 1.807) is 0 Å². The molecule has 0 saturated carbocycles. The summed E-state index contributed by atoms with van der Waals surface area (Å²) in [5.41, 5.74) is 1.14. The van der Waals surface area contributed by atoms with Crippen LogP contribution in [0.5, 0.6) is 0 Å². The quantitative estimate of drug-likeness (QED) is 0.549. The van der Waals surface area contributed by atoms with E-state index >= 15 is 0 Å². The molecular formula is C10H19N. The number of nitrogens with zero attached hydrogens (tertiary/aromatic N) is 1.